The molecule has 6 heteroatoms. The Balaban J connectivity index is 2.19. The highest BCUT2D eigenvalue weighted by Crippen LogP contribution is 2.09. The Morgan fingerprint density at radius 1 is 1.33 bits per heavy atom. The van der Waals surface area contributed by atoms with E-state index in [0.717, 1.165) is 6.42 Å². The van der Waals surface area contributed by atoms with Crippen LogP contribution in [0.2, 0.25) is 0 Å². The summed E-state index contributed by atoms with van der Waals surface area (Å²) in [6.45, 7) is 1.26. The lowest BCUT2D eigenvalue weighted by atomic mass is 9.78. The third-order valence-electron chi connectivity index (χ3n) is 2.18. The number of hydrogen-bond acceptors (Lipinski definition) is 4. The highest BCUT2D eigenvalue weighted by atomic mass is 16.6. The molecule has 1 aliphatic heterocycles. The van der Waals surface area contributed by atoms with E-state index in [9.17, 15) is 10.1 Å². The molecule has 0 aliphatic carbocycles. The van der Waals surface area contributed by atoms with Crippen LogP contribution in [-0.2, 0) is 9.31 Å². The summed E-state index contributed by atoms with van der Waals surface area (Å²) >= 11 is 0. The molecule has 0 unspecified atom stereocenters. The SMILES string of the molecule is O=[N+]([O-])c1cccc(B2OCCCO2)c1. The minimum atomic E-state index is -0.460. The zero-order chi connectivity index (χ0) is 10.7. The lowest BCUT2D eigenvalue weighted by Gasteiger charge is -2.19. The van der Waals surface area contributed by atoms with Crippen molar-refractivity contribution in [3.05, 3.63) is 34.4 Å². The summed E-state index contributed by atoms with van der Waals surface area (Å²) in [5.74, 6) is 0. The first-order valence-corrected chi connectivity index (χ1v) is 4.75. The number of non-ortho nitro benzene ring substituents is 1. The van der Waals surface area contributed by atoms with E-state index in [1.165, 1.54) is 12.1 Å². The summed E-state index contributed by atoms with van der Waals surface area (Å²) in [5.41, 5.74) is 0.758. The molecule has 0 bridgehead atoms. The first-order valence-electron chi connectivity index (χ1n) is 4.75. The average molecular weight is 207 g/mol. The van der Waals surface area contributed by atoms with Crippen LogP contribution in [0.3, 0.4) is 0 Å². The van der Waals surface area contributed by atoms with Gasteiger partial charge in [0, 0.05) is 25.3 Å². The van der Waals surface area contributed by atoms with Crippen LogP contribution in [0.15, 0.2) is 24.3 Å². The highest BCUT2D eigenvalue weighted by molar-refractivity contribution is 6.61. The number of rotatable bonds is 2. The van der Waals surface area contributed by atoms with Crippen molar-refractivity contribution in [1.82, 2.24) is 0 Å². The van der Waals surface area contributed by atoms with Gasteiger partial charge < -0.3 is 9.31 Å². The van der Waals surface area contributed by atoms with Gasteiger partial charge in [0.05, 0.1) is 4.92 Å². The molecule has 1 aromatic rings. The van der Waals surface area contributed by atoms with Gasteiger partial charge >= 0.3 is 7.12 Å². The number of nitro groups is 1. The predicted molar refractivity (Wildman–Crippen MR) is 55.0 cm³/mol. The van der Waals surface area contributed by atoms with Crippen LogP contribution in [0, 0.1) is 10.1 Å². The Hall–Kier alpha value is -1.40. The Labute approximate surface area is 87.3 Å². The van der Waals surface area contributed by atoms with Gasteiger partial charge in [-0.1, -0.05) is 12.1 Å². The second kappa shape index (κ2) is 4.42. The molecule has 1 saturated heterocycles. The van der Waals surface area contributed by atoms with E-state index in [2.05, 4.69) is 0 Å². The lowest BCUT2D eigenvalue weighted by molar-refractivity contribution is -0.384. The topological polar surface area (TPSA) is 61.6 Å². The standard InChI is InChI=1S/C9H10BNO4/c12-11(13)9-4-1-3-8(7-9)10-14-5-2-6-15-10/h1,3-4,7H,2,5-6H2. The van der Waals surface area contributed by atoms with Gasteiger partial charge in [-0.3, -0.25) is 10.1 Å². The average Bonchev–Trinajstić information content (AvgIpc) is 2.30. The predicted octanol–water partition coefficient (Wildman–Crippen LogP) is 0.727. The maximum absolute atomic E-state index is 10.6. The molecule has 0 spiro atoms. The number of benzene rings is 1. The van der Waals surface area contributed by atoms with Gasteiger partial charge in [-0.15, -0.1) is 0 Å². The highest BCUT2D eigenvalue weighted by Gasteiger charge is 2.25. The molecule has 0 N–H and O–H groups in total. The Bertz CT molecular complexity index is 365. The van der Waals surface area contributed by atoms with E-state index in [4.69, 9.17) is 9.31 Å². The van der Waals surface area contributed by atoms with Crippen molar-refractivity contribution in [2.24, 2.45) is 0 Å². The van der Waals surface area contributed by atoms with Crippen LogP contribution in [0.4, 0.5) is 5.69 Å². The normalized spacial score (nSPS) is 16.4. The van der Waals surface area contributed by atoms with Crippen molar-refractivity contribution in [2.45, 2.75) is 6.42 Å². The molecule has 0 radical (unpaired) electrons. The van der Waals surface area contributed by atoms with Gasteiger partial charge in [0.15, 0.2) is 0 Å². The van der Waals surface area contributed by atoms with Gasteiger partial charge in [0.25, 0.3) is 5.69 Å². The van der Waals surface area contributed by atoms with E-state index in [0.29, 0.717) is 18.7 Å². The fraction of sp³-hybridized carbons (Fsp3) is 0.333. The minimum absolute atomic E-state index is 0.0604. The molecule has 1 aromatic carbocycles. The summed E-state index contributed by atoms with van der Waals surface area (Å²) in [7, 11) is -0.460. The molecule has 2 rings (SSSR count). The van der Waals surface area contributed by atoms with Crippen LogP contribution >= 0.6 is 0 Å². The van der Waals surface area contributed by atoms with Gasteiger partial charge in [-0.25, -0.2) is 0 Å². The van der Waals surface area contributed by atoms with Crippen LogP contribution in [0.25, 0.3) is 0 Å². The van der Waals surface area contributed by atoms with Crippen molar-refractivity contribution in [3.8, 4) is 0 Å². The summed E-state index contributed by atoms with van der Waals surface area (Å²) in [4.78, 5) is 10.1. The molecule has 5 nitrogen and oxygen atoms in total. The molecule has 15 heavy (non-hydrogen) atoms. The zero-order valence-electron chi connectivity index (χ0n) is 8.09. The molecule has 1 aliphatic rings. The van der Waals surface area contributed by atoms with Crippen molar-refractivity contribution in [1.29, 1.82) is 0 Å². The molecule has 78 valence electrons. The second-order valence-corrected chi connectivity index (χ2v) is 3.28. The number of hydrogen-bond donors (Lipinski definition) is 0. The first kappa shape index (κ1) is 10.1. The molecular formula is C9H10BNO4. The van der Waals surface area contributed by atoms with E-state index in [-0.39, 0.29) is 5.69 Å². The monoisotopic (exact) mass is 207 g/mol. The van der Waals surface area contributed by atoms with Crippen molar-refractivity contribution < 1.29 is 14.2 Å². The van der Waals surface area contributed by atoms with Crippen molar-refractivity contribution in [3.63, 3.8) is 0 Å². The van der Waals surface area contributed by atoms with Crippen molar-refractivity contribution >= 4 is 18.3 Å². The fourth-order valence-corrected chi connectivity index (χ4v) is 1.47. The lowest BCUT2D eigenvalue weighted by Crippen LogP contribution is -2.40. The third-order valence-corrected chi connectivity index (χ3v) is 2.18. The molecule has 0 amide bonds. The molecule has 0 atom stereocenters. The van der Waals surface area contributed by atoms with E-state index in [1.54, 1.807) is 12.1 Å². The van der Waals surface area contributed by atoms with Gasteiger partial charge in [-0.2, -0.15) is 0 Å². The zero-order valence-corrected chi connectivity index (χ0v) is 8.09. The fourth-order valence-electron chi connectivity index (χ4n) is 1.47. The minimum Gasteiger partial charge on any atom is -0.407 e. The summed E-state index contributed by atoms with van der Waals surface area (Å²) in [5, 5.41) is 10.6. The molecule has 0 aromatic heterocycles. The smallest absolute Gasteiger partial charge is 0.407 e. The summed E-state index contributed by atoms with van der Waals surface area (Å²) < 4.78 is 10.7. The van der Waals surface area contributed by atoms with Crippen LogP contribution in [0.1, 0.15) is 6.42 Å². The molecule has 1 fully saturated rings. The maximum atomic E-state index is 10.6. The summed E-state index contributed by atoms with van der Waals surface area (Å²) in [6.07, 6.45) is 0.866. The largest absolute Gasteiger partial charge is 0.494 e. The Morgan fingerprint density at radius 2 is 2.07 bits per heavy atom. The van der Waals surface area contributed by atoms with E-state index < -0.39 is 12.0 Å². The van der Waals surface area contributed by atoms with Crippen LogP contribution < -0.4 is 5.46 Å². The van der Waals surface area contributed by atoms with Gasteiger partial charge in [-0.05, 0) is 11.9 Å². The van der Waals surface area contributed by atoms with Crippen LogP contribution in [-0.4, -0.2) is 25.3 Å². The molecule has 1 heterocycles. The van der Waals surface area contributed by atoms with Crippen molar-refractivity contribution in [2.75, 3.05) is 13.2 Å². The third kappa shape index (κ3) is 2.34. The van der Waals surface area contributed by atoms with Crippen LogP contribution in [0.5, 0.6) is 0 Å². The summed E-state index contributed by atoms with van der Waals surface area (Å²) in [6, 6.07) is 6.33. The molecule has 0 saturated carbocycles. The van der Waals surface area contributed by atoms with Gasteiger partial charge in [0.2, 0.25) is 0 Å². The molecular weight excluding hydrogens is 197 g/mol. The quantitative estimate of drug-likeness (QED) is 0.407. The Morgan fingerprint density at radius 3 is 2.73 bits per heavy atom. The van der Waals surface area contributed by atoms with E-state index in [1.807, 2.05) is 0 Å². The number of nitrogens with zero attached hydrogens (tertiary/aromatic N) is 1. The Kier molecular flexibility index (Phi) is 2.98. The first-order chi connectivity index (χ1) is 7.27. The van der Waals surface area contributed by atoms with E-state index >= 15 is 0 Å². The second-order valence-electron chi connectivity index (χ2n) is 3.28. The maximum Gasteiger partial charge on any atom is 0.494 e. The number of nitro benzene ring substituents is 1. The van der Waals surface area contributed by atoms with Gasteiger partial charge in [0.1, 0.15) is 0 Å².